The fourth-order valence-corrected chi connectivity index (χ4v) is 3.92. The van der Waals surface area contributed by atoms with E-state index in [1.54, 1.807) is 0 Å². The smallest absolute Gasteiger partial charge is 0.309 e. The lowest BCUT2D eigenvalue weighted by Gasteiger charge is -2.29. The Balaban J connectivity index is 1.96. The van der Waals surface area contributed by atoms with Gasteiger partial charge in [0.05, 0.1) is 16.9 Å². The van der Waals surface area contributed by atoms with E-state index < -0.39 is 22.8 Å². The van der Waals surface area contributed by atoms with E-state index in [2.05, 4.69) is 6.92 Å². The van der Waals surface area contributed by atoms with Crippen LogP contribution in [0.25, 0.3) is 0 Å². The Bertz CT molecular complexity index is 393. The number of aliphatic hydroxyl groups is 1. The third-order valence-electron chi connectivity index (χ3n) is 5.68. The van der Waals surface area contributed by atoms with Crippen molar-refractivity contribution in [1.29, 1.82) is 0 Å². The molecular weight excluding hydrogens is 284 g/mol. The molecule has 2 saturated carbocycles. The van der Waals surface area contributed by atoms with E-state index in [1.165, 1.54) is 0 Å². The van der Waals surface area contributed by atoms with Gasteiger partial charge in [0, 0.05) is 0 Å². The number of aliphatic hydroxyl groups excluding tert-OH is 1. The molecule has 22 heavy (non-hydrogen) atoms. The van der Waals surface area contributed by atoms with Crippen molar-refractivity contribution in [3.63, 3.8) is 0 Å². The Hall–Kier alpha value is -1.10. The molecule has 5 heteroatoms. The first-order chi connectivity index (χ1) is 10.4. The Morgan fingerprint density at radius 3 is 1.73 bits per heavy atom. The summed E-state index contributed by atoms with van der Waals surface area (Å²) in [5.41, 5.74) is -1.63. The molecule has 0 radical (unpaired) electrons. The summed E-state index contributed by atoms with van der Waals surface area (Å²) in [6, 6.07) is 0. The Labute approximate surface area is 131 Å². The number of hydrogen-bond acceptors (Lipinski definition) is 3. The van der Waals surface area contributed by atoms with Crippen LogP contribution in [0.2, 0.25) is 0 Å². The highest BCUT2D eigenvalue weighted by molar-refractivity contribution is 5.83. The highest BCUT2D eigenvalue weighted by Gasteiger charge is 2.68. The second kappa shape index (κ2) is 6.57. The summed E-state index contributed by atoms with van der Waals surface area (Å²) in [6.07, 6.45) is 6.80. The first kappa shape index (κ1) is 17.3. The monoisotopic (exact) mass is 312 g/mol. The molecule has 0 heterocycles. The summed E-state index contributed by atoms with van der Waals surface area (Å²) in [4.78, 5) is 23.2. The van der Waals surface area contributed by atoms with E-state index in [1.807, 2.05) is 0 Å². The van der Waals surface area contributed by atoms with Crippen molar-refractivity contribution in [1.82, 2.24) is 0 Å². The minimum atomic E-state index is -0.837. The molecule has 0 aliphatic heterocycles. The molecule has 0 bridgehead atoms. The molecule has 2 fully saturated rings. The van der Waals surface area contributed by atoms with Crippen LogP contribution in [0.4, 0.5) is 0 Å². The van der Waals surface area contributed by atoms with Gasteiger partial charge in [-0.1, -0.05) is 26.2 Å². The van der Waals surface area contributed by atoms with Crippen LogP contribution < -0.4 is 0 Å². The Kier molecular flexibility index (Phi) is 5.15. The number of aliphatic carboxylic acids is 2. The van der Waals surface area contributed by atoms with Crippen molar-refractivity contribution in [2.75, 3.05) is 0 Å². The van der Waals surface area contributed by atoms with Crippen LogP contribution in [0.3, 0.4) is 0 Å². The van der Waals surface area contributed by atoms with Gasteiger partial charge in [-0.05, 0) is 50.9 Å². The number of rotatable bonds is 11. The molecule has 3 N–H and O–H groups in total. The van der Waals surface area contributed by atoms with Crippen LogP contribution in [-0.4, -0.2) is 33.4 Å². The number of hydrogen-bond donors (Lipinski definition) is 3. The molecular formula is C17H28O5. The zero-order valence-electron chi connectivity index (χ0n) is 13.4. The average molecular weight is 312 g/mol. The van der Waals surface area contributed by atoms with Gasteiger partial charge in [0.25, 0.3) is 0 Å². The maximum atomic E-state index is 11.6. The molecule has 0 aromatic rings. The van der Waals surface area contributed by atoms with Gasteiger partial charge in [-0.15, -0.1) is 0 Å². The summed E-state index contributed by atoms with van der Waals surface area (Å²) in [7, 11) is 0. The predicted octanol–water partition coefficient (Wildman–Crippen LogP) is 3.05. The van der Waals surface area contributed by atoms with E-state index in [0.717, 1.165) is 19.3 Å². The molecule has 0 saturated heterocycles. The highest BCUT2D eigenvalue weighted by atomic mass is 16.4. The zero-order chi connectivity index (χ0) is 16.4. The summed E-state index contributed by atoms with van der Waals surface area (Å²) >= 11 is 0. The third-order valence-corrected chi connectivity index (χ3v) is 5.68. The van der Waals surface area contributed by atoms with Gasteiger partial charge in [-0.2, -0.15) is 0 Å². The number of carboxylic acid groups (broad SMARTS) is 2. The lowest BCUT2D eigenvalue weighted by molar-refractivity contribution is -0.153. The van der Waals surface area contributed by atoms with Crippen molar-refractivity contribution in [3.05, 3.63) is 0 Å². The van der Waals surface area contributed by atoms with Gasteiger partial charge in [-0.3, -0.25) is 9.59 Å². The van der Waals surface area contributed by atoms with Crippen molar-refractivity contribution in [2.45, 2.75) is 77.2 Å². The van der Waals surface area contributed by atoms with Gasteiger partial charge in [0.2, 0.25) is 0 Å². The second-order valence-electron chi connectivity index (χ2n) is 7.20. The van der Waals surface area contributed by atoms with Crippen LogP contribution in [0, 0.1) is 16.7 Å². The van der Waals surface area contributed by atoms with E-state index in [9.17, 15) is 24.9 Å². The third kappa shape index (κ3) is 3.29. The number of carbonyl (C=O) groups is 2. The van der Waals surface area contributed by atoms with Gasteiger partial charge >= 0.3 is 11.9 Å². The fraction of sp³-hybridized carbons (Fsp3) is 0.882. The average Bonchev–Trinajstić information content (AvgIpc) is 3.35. The van der Waals surface area contributed by atoms with E-state index >= 15 is 0 Å². The standard InChI is InChI=1S/C17H28O5/c1-2-3-5-12(18)6-4-7-13(16(8-9-16)14(19)20)17(10-11-17)15(21)22/h12-13,18H,2-11H2,1H3,(H,19,20)(H,21,22). The fourth-order valence-electron chi connectivity index (χ4n) is 3.92. The molecule has 2 aliphatic carbocycles. The molecule has 126 valence electrons. The summed E-state index contributed by atoms with van der Waals surface area (Å²) < 4.78 is 0. The summed E-state index contributed by atoms with van der Waals surface area (Å²) in [5, 5.41) is 29.0. The Morgan fingerprint density at radius 2 is 1.36 bits per heavy atom. The van der Waals surface area contributed by atoms with Gasteiger partial charge in [-0.25, -0.2) is 0 Å². The molecule has 5 nitrogen and oxygen atoms in total. The van der Waals surface area contributed by atoms with E-state index in [0.29, 0.717) is 44.9 Å². The first-order valence-electron chi connectivity index (χ1n) is 8.54. The molecule has 1 atom stereocenters. The van der Waals surface area contributed by atoms with Crippen molar-refractivity contribution >= 4 is 11.9 Å². The SMILES string of the molecule is CCCCC(O)CCCC(C1(C(=O)O)CC1)C1(C(=O)O)CC1. The van der Waals surface area contributed by atoms with Crippen LogP contribution in [0.5, 0.6) is 0 Å². The maximum absolute atomic E-state index is 11.6. The molecule has 2 aliphatic rings. The van der Waals surface area contributed by atoms with Crippen LogP contribution in [0.1, 0.15) is 71.1 Å². The molecule has 1 unspecified atom stereocenters. The maximum Gasteiger partial charge on any atom is 0.309 e. The van der Waals surface area contributed by atoms with Crippen LogP contribution >= 0.6 is 0 Å². The quantitative estimate of drug-likeness (QED) is 0.545. The van der Waals surface area contributed by atoms with Crippen molar-refractivity contribution in [3.8, 4) is 0 Å². The predicted molar refractivity (Wildman–Crippen MR) is 81.5 cm³/mol. The first-order valence-corrected chi connectivity index (χ1v) is 8.54. The molecule has 0 aromatic heterocycles. The van der Waals surface area contributed by atoms with Gasteiger partial charge in [0.1, 0.15) is 0 Å². The van der Waals surface area contributed by atoms with E-state index in [4.69, 9.17) is 0 Å². The summed E-state index contributed by atoms with van der Waals surface area (Å²) in [5.74, 6) is -1.96. The van der Waals surface area contributed by atoms with Crippen molar-refractivity contribution in [2.24, 2.45) is 16.7 Å². The topological polar surface area (TPSA) is 94.8 Å². The number of carboxylic acids is 2. The van der Waals surface area contributed by atoms with Gasteiger partial charge in [0.15, 0.2) is 0 Å². The second-order valence-corrected chi connectivity index (χ2v) is 7.20. The van der Waals surface area contributed by atoms with E-state index in [-0.39, 0.29) is 12.0 Å². The number of unbranched alkanes of at least 4 members (excludes halogenated alkanes) is 1. The lowest BCUT2D eigenvalue weighted by Crippen LogP contribution is -2.37. The summed E-state index contributed by atoms with van der Waals surface area (Å²) in [6.45, 7) is 2.08. The molecule has 0 amide bonds. The highest BCUT2D eigenvalue weighted by Crippen LogP contribution is 2.67. The minimum absolute atomic E-state index is 0.284. The molecule has 0 spiro atoms. The Morgan fingerprint density at radius 1 is 0.909 bits per heavy atom. The molecule has 0 aromatic carbocycles. The lowest BCUT2D eigenvalue weighted by atomic mass is 9.73. The minimum Gasteiger partial charge on any atom is -0.481 e. The zero-order valence-corrected chi connectivity index (χ0v) is 13.4. The normalized spacial score (nSPS) is 22.3. The van der Waals surface area contributed by atoms with Crippen LogP contribution in [0.15, 0.2) is 0 Å². The largest absolute Gasteiger partial charge is 0.481 e. The van der Waals surface area contributed by atoms with Gasteiger partial charge < -0.3 is 15.3 Å². The van der Waals surface area contributed by atoms with Crippen LogP contribution in [-0.2, 0) is 9.59 Å². The molecule has 2 rings (SSSR count). The van der Waals surface area contributed by atoms with Crippen molar-refractivity contribution < 1.29 is 24.9 Å².